The molecule has 1 aromatic heterocycles. The monoisotopic (exact) mass is 495 g/mol. The van der Waals surface area contributed by atoms with E-state index in [0.717, 1.165) is 5.56 Å². The minimum Gasteiger partial charge on any atom is -0.489 e. The Labute approximate surface area is 207 Å². The Morgan fingerprint density at radius 3 is 2.77 bits per heavy atom. The fourth-order valence-corrected chi connectivity index (χ4v) is 3.65. The van der Waals surface area contributed by atoms with Crippen molar-refractivity contribution in [3.63, 3.8) is 0 Å². The van der Waals surface area contributed by atoms with Gasteiger partial charge in [0.1, 0.15) is 24.2 Å². The minimum atomic E-state index is -1.19. The Morgan fingerprint density at radius 1 is 1.31 bits per heavy atom. The molecule has 0 saturated heterocycles. The van der Waals surface area contributed by atoms with Crippen molar-refractivity contribution < 1.29 is 19.4 Å². The SMILES string of the molecule is CN1C(=O)[C@@H](NC(=O)c2n[nH]c(Cc3ccccc3)n2)COc2ccc(/C=C(\Cl)C(C)(C)O)cc21. The van der Waals surface area contributed by atoms with Crippen LogP contribution in [0.15, 0.2) is 53.6 Å². The Hall–Kier alpha value is -3.69. The first-order valence-corrected chi connectivity index (χ1v) is 11.4. The molecule has 2 aromatic carbocycles. The minimum absolute atomic E-state index is 0.0528. The highest BCUT2D eigenvalue weighted by molar-refractivity contribution is 6.32. The standard InChI is InChI=1S/C25H26ClN5O4/c1-25(2,34)20(26)12-16-9-10-19-18(11-16)31(3)24(33)17(14-35-19)27-23(32)22-28-21(29-30-22)13-15-7-5-4-6-8-15/h4-12,17,34H,13-14H2,1-3H3,(H,27,32)(H,28,29,30)/b20-12-/t17-/m0/s1. The van der Waals surface area contributed by atoms with Crippen molar-refractivity contribution >= 4 is 35.2 Å². The van der Waals surface area contributed by atoms with Crippen LogP contribution in [0.3, 0.4) is 0 Å². The van der Waals surface area contributed by atoms with Crippen LogP contribution in [0.4, 0.5) is 5.69 Å². The molecule has 0 aliphatic carbocycles. The number of hydrogen-bond donors (Lipinski definition) is 3. The van der Waals surface area contributed by atoms with Gasteiger partial charge < -0.3 is 20.1 Å². The fourth-order valence-electron chi connectivity index (χ4n) is 3.52. The van der Waals surface area contributed by atoms with Crippen LogP contribution < -0.4 is 15.0 Å². The van der Waals surface area contributed by atoms with Crippen molar-refractivity contribution in [1.29, 1.82) is 0 Å². The highest BCUT2D eigenvalue weighted by Crippen LogP contribution is 2.33. The van der Waals surface area contributed by atoms with Crippen molar-refractivity contribution in [2.45, 2.75) is 31.9 Å². The number of hydrogen-bond acceptors (Lipinski definition) is 6. The number of amides is 2. The molecule has 182 valence electrons. The Balaban J connectivity index is 1.47. The van der Waals surface area contributed by atoms with Gasteiger partial charge in [0.15, 0.2) is 0 Å². The predicted octanol–water partition coefficient (Wildman–Crippen LogP) is 2.90. The molecule has 35 heavy (non-hydrogen) atoms. The largest absolute Gasteiger partial charge is 0.489 e. The van der Waals surface area contributed by atoms with Crippen LogP contribution in [0.25, 0.3) is 6.08 Å². The maximum Gasteiger partial charge on any atom is 0.291 e. The average molecular weight is 496 g/mol. The Morgan fingerprint density at radius 2 is 2.06 bits per heavy atom. The van der Waals surface area contributed by atoms with Crippen molar-refractivity contribution in [2.75, 3.05) is 18.6 Å². The number of carbonyl (C=O) groups excluding carboxylic acids is 2. The average Bonchev–Trinajstić information content (AvgIpc) is 3.25. The second kappa shape index (κ2) is 9.89. The molecule has 9 nitrogen and oxygen atoms in total. The summed E-state index contributed by atoms with van der Waals surface area (Å²) in [6.07, 6.45) is 2.12. The van der Waals surface area contributed by atoms with Gasteiger partial charge in [-0.15, -0.1) is 5.10 Å². The highest BCUT2D eigenvalue weighted by atomic mass is 35.5. The molecule has 0 bridgehead atoms. The van der Waals surface area contributed by atoms with Gasteiger partial charge in [-0.1, -0.05) is 48.0 Å². The number of aliphatic hydroxyl groups is 1. The molecular formula is C25H26ClN5O4. The molecule has 1 aliphatic heterocycles. The lowest BCUT2D eigenvalue weighted by Crippen LogP contribution is -2.49. The third-order valence-electron chi connectivity index (χ3n) is 5.51. The number of nitrogens with zero attached hydrogens (tertiary/aromatic N) is 3. The van der Waals surface area contributed by atoms with E-state index in [9.17, 15) is 14.7 Å². The molecular weight excluding hydrogens is 470 g/mol. The summed E-state index contributed by atoms with van der Waals surface area (Å²) in [6.45, 7) is 3.11. The maximum absolute atomic E-state index is 13.1. The van der Waals surface area contributed by atoms with Crippen LogP contribution in [0, 0.1) is 0 Å². The first-order valence-electron chi connectivity index (χ1n) is 11.0. The number of H-pyrrole nitrogens is 1. The first kappa shape index (κ1) is 24.4. The number of aromatic nitrogens is 3. The third kappa shape index (κ3) is 5.70. The van der Waals surface area contributed by atoms with Gasteiger partial charge in [-0.25, -0.2) is 4.98 Å². The normalized spacial score (nSPS) is 16.4. The number of anilines is 1. The number of fused-ring (bicyclic) bond motifs is 1. The zero-order valence-corrected chi connectivity index (χ0v) is 20.3. The van der Waals surface area contributed by atoms with Gasteiger partial charge in [0, 0.05) is 18.5 Å². The zero-order chi connectivity index (χ0) is 25.2. The molecule has 0 fully saturated rings. The van der Waals surface area contributed by atoms with Crippen LogP contribution in [-0.4, -0.2) is 57.4 Å². The van der Waals surface area contributed by atoms with E-state index in [2.05, 4.69) is 20.5 Å². The molecule has 0 radical (unpaired) electrons. The Kier molecular flexibility index (Phi) is 6.90. The third-order valence-corrected chi connectivity index (χ3v) is 6.08. The molecule has 1 atom stereocenters. The lowest BCUT2D eigenvalue weighted by atomic mass is 10.1. The van der Waals surface area contributed by atoms with Crippen molar-refractivity contribution in [3.8, 4) is 5.75 Å². The van der Waals surface area contributed by atoms with Crippen LogP contribution in [0.2, 0.25) is 0 Å². The summed E-state index contributed by atoms with van der Waals surface area (Å²) >= 11 is 6.20. The van der Waals surface area contributed by atoms with Crippen LogP contribution in [-0.2, 0) is 11.2 Å². The molecule has 3 aromatic rings. The predicted molar refractivity (Wildman–Crippen MR) is 132 cm³/mol. The summed E-state index contributed by atoms with van der Waals surface area (Å²) in [5, 5.41) is 19.8. The molecule has 0 unspecified atom stereocenters. The summed E-state index contributed by atoms with van der Waals surface area (Å²) in [4.78, 5) is 31.5. The number of halogens is 1. The number of benzene rings is 2. The van der Waals surface area contributed by atoms with Gasteiger partial charge in [-0.3, -0.25) is 14.7 Å². The van der Waals surface area contributed by atoms with Gasteiger partial charge in [0.25, 0.3) is 11.8 Å². The fraction of sp³-hybridized carbons (Fsp3) is 0.280. The number of carbonyl (C=O) groups is 2. The summed E-state index contributed by atoms with van der Waals surface area (Å²) in [5.74, 6) is 0.0351. The zero-order valence-electron chi connectivity index (χ0n) is 19.6. The second-order valence-electron chi connectivity index (χ2n) is 8.78. The molecule has 1 aliphatic rings. The van der Waals surface area contributed by atoms with Crippen molar-refractivity contribution in [3.05, 3.63) is 76.3 Å². The number of nitrogens with one attached hydrogen (secondary N) is 2. The maximum atomic E-state index is 13.1. The molecule has 10 heteroatoms. The lowest BCUT2D eigenvalue weighted by molar-refractivity contribution is -0.120. The van der Waals surface area contributed by atoms with E-state index in [1.165, 1.54) is 4.90 Å². The number of rotatable bonds is 6. The van der Waals surface area contributed by atoms with Crippen molar-refractivity contribution in [1.82, 2.24) is 20.5 Å². The number of ether oxygens (including phenoxy) is 1. The van der Waals surface area contributed by atoms with E-state index in [-0.39, 0.29) is 23.4 Å². The van der Waals surface area contributed by atoms with Gasteiger partial charge in [0.2, 0.25) is 5.82 Å². The van der Waals surface area contributed by atoms with Crippen LogP contribution >= 0.6 is 11.6 Å². The summed E-state index contributed by atoms with van der Waals surface area (Å²) in [7, 11) is 1.60. The van der Waals surface area contributed by atoms with Gasteiger partial charge in [-0.2, -0.15) is 0 Å². The van der Waals surface area contributed by atoms with Crippen LogP contribution in [0.1, 0.15) is 41.4 Å². The molecule has 2 amide bonds. The van der Waals surface area contributed by atoms with Gasteiger partial charge in [-0.05, 0) is 43.2 Å². The summed E-state index contributed by atoms with van der Waals surface area (Å²) in [6, 6.07) is 14.0. The number of aromatic amines is 1. The highest BCUT2D eigenvalue weighted by Gasteiger charge is 2.32. The molecule has 3 N–H and O–H groups in total. The lowest BCUT2D eigenvalue weighted by Gasteiger charge is -2.20. The van der Waals surface area contributed by atoms with E-state index >= 15 is 0 Å². The Bertz CT molecular complexity index is 1270. The molecule has 4 rings (SSSR count). The van der Waals surface area contributed by atoms with E-state index in [4.69, 9.17) is 16.3 Å². The van der Waals surface area contributed by atoms with Crippen LogP contribution in [0.5, 0.6) is 5.75 Å². The van der Waals surface area contributed by atoms with E-state index in [1.54, 1.807) is 45.2 Å². The summed E-state index contributed by atoms with van der Waals surface area (Å²) in [5.41, 5.74) is 1.04. The molecule has 0 spiro atoms. The van der Waals surface area contributed by atoms with E-state index < -0.39 is 17.6 Å². The molecule has 0 saturated carbocycles. The van der Waals surface area contributed by atoms with E-state index in [1.807, 2.05) is 30.3 Å². The smallest absolute Gasteiger partial charge is 0.291 e. The van der Waals surface area contributed by atoms with Crippen molar-refractivity contribution in [2.24, 2.45) is 0 Å². The summed E-state index contributed by atoms with van der Waals surface area (Å²) < 4.78 is 5.82. The quantitative estimate of drug-likeness (QED) is 0.483. The first-order chi connectivity index (χ1) is 16.6. The topological polar surface area (TPSA) is 120 Å². The van der Waals surface area contributed by atoms with Gasteiger partial charge >= 0.3 is 0 Å². The molecule has 2 heterocycles. The van der Waals surface area contributed by atoms with E-state index in [0.29, 0.717) is 29.2 Å². The van der Waals surface area contributed by atoms with Gasteiger partial charge in [0.05, 0.1) is 11.3 Å². The number of likely N-dealkylation sites (N-methyl/N-ethyl adjacent to an activating group) is 1. The second-order valence-corrected chi connectivity index (χ2v) is 9.19.